The van der Waals surface area contributed by atoms with Crippen LogP contribution in [0.4, 0.5) is 4.39 Å². The zero-order chi connectivity index (χ0) is 12.3. The fraction of sp³-hybridized carbons (Fsp3) is 0.167. The number of thiophene rings is 1. The number of nitrogens with two attached hydrogens (primary N) is 1. The van der Waals surface area contributed by atoms with Gasteiger partial charge in [0.1, 0.15) is 5.82 Å². The van der Waals surface area contributed by atoms with Crippen LogP contribution in [0.3, 0.4) is 0 Å². The monoisotopic (exact) mass is 314 g/mol. The standard InChI is InChI=1S/C12H12BrFN2S/c13-12-6-5-11(17-12)10(16-15)7-8-1-3-9(14)4-2-8/h1-6,10,16H,7,15H2. The van der Waals surface area contributed by atoms with Gasteiger partial charge in [0.05, 0.1) is 9.83 Å². The Morgan fingerprint density at radius 2 is 1.94 bits per heavy atom. The van der Waals surface area contributed by atoms with E-state index in [1.54, 1.807) is 23.5 Å². The number of halogens is 2. The maximum absolute atomic E-state index is 12.8. The lowest BCUT2D eigenvalue weighted by Gasteiger charge is -2.14. The van der Waals surface area contributed by atoms with Crippen molar-refractivity contribution >= 4 is 27.3 Å². The number of rotatable bonds is 4. The lowest BCUT2D eigenvalue weighted by molar-refractivity contribution is 0.559. The Bertz CT molecular complexity index is 484. The van der Waals surface area contributed by atoms with Gasteiger partial charge in [-0.25, -0.2) is 4.39 Å². The summed E-state index contributed by atoms with van der Waals surface area (Å²) in [6.45, 7) is 0. The van der Waals surface area contributed by atoms with Crippen molar-refractivity contribution in [2.75, 3.05) is 0 Å². The largest absolute Gasteiger partial charge is 0.271 e. The lowest BCUT2D eigenvalue weighted by atomic mass is 10.1. The van der Waals surface area contributed by atoms with Crippen LogP contribution < -0.4 is 11.3 Å². The smallest absolute Gasteiger partial charge is 0.123 e. The molecule has 90 valence electrons. The second-order valence-electron chi connectivity index (χ2n) is 3.69. The van der Waals surface area contributed by atoms with Crippen LogP contribution in [0.2, 0.25) is 0 Å². The van der Waals surface area contributed by atoms with E-state index in [1.807, 2.05) is 12.1 Å². The molecule has 0 radical (unpaired) electrons. The molecule has 1 aromatic heterocycles. The van der Waals surface area contributed by atoms with E-state index < -0.39 is 0 Å². The summed E-state index contributed by atoms with van der Waals surface area (Å²) in [6.07, 6.45) is 0.740. The molecule has 0 aliphatic carbocycles. The third-order valence-electron chi connectivity index (χ3n) is 2.49. The number of benzene rings is 1. The summed E-state index contributed by atoms with van der Waals surface area (Å²) in [6, 6.07) is 10.6. The average molecular weight is 315 g/mol. The molecule has 0 fully saturated rings. The topological polar surface area (TPSA) is 38.0 Å². The van der Waals surface area contributed by atoms with Crippen molar-refractivity contribution in [3.8, 4) is 0 Å². The molecule has 17 heavy (non-hydrogen) atoms. The average Bonchev–Trinajstić information content (AvgIpc) is 2.75. The van der Waals surface area contributed by atoms with Gasteiger partial charge in [-0.15, -0.1) is 11.3 Å². The molecule has 0 spiro atoms. The van der Waals surface area contributed by atoms with Gasteiger partial charge in [0, 0.05) is 4.88 Å². The van der Waals surface area contributed by atoms with Gasteiger partial charge in [0.15, 0.2) is 0 Å². The Hall–Kier alpha value is -0.750. The van der Waals surface area contributed by atoms with Crippen LogP contribution in [0.25, 0.3) is 0 Å². The highest BCUT2D eigenvalue weighted by atomic mass is 79.9. The molecule has 1 unspecified atom stereocenters. The second kappa shape index (κ2) is 5.73. The highest BCUT2D eigenvalue weighted by Crippen LogP contribution is 2.28. The van der Waals surface area contributed by atoms with Gasteiger partial charge < -0.3 is 0 Å². The molecule has 0 aliphatic rings. The Morgan fingerprint density at radius 1 is 1.24 bits per heavy atom. The fourth-order valence-corrected chi connectivity index (χ4v) is 3.10. The van der Waals surface area contributed by atoms with Crippen molar-refractivity contribution in [2.45, 2.75) is 12.5 Å². The molecule has 1 aromatic carbocycles. The highest BCUT2D eigenvalue weighted by Gasteiger charge is 2.12. The normalized spacial score (nSPS) is 12.6. The van der Waals surface area contributed by atoms with Gasteiger partial charge in [-0.3, -0.25) is 11.3 Å². The van der Waals surface area contributed by atoms with Gasteiger partial charge in [-0.05, 0) is 52.2 Å². The third-order valence-corrected chi connectivity index (χ3v) is 4.23. The summed E-state index contributed by atoms with van der Waals surface area (Å²) >= 11 is 5.07. The molecule has 0 saturated heterocycles. The van der Waals surface area contributed by atoms with E-state index in [1.165, 1.54) is 12.1 Å². The minimum atomic E-state index is -0.218. The van der Waals surface area contributed by atoms with E-state index in [0.29, 0.717) is 0 Å². The van der Waals surface area contributed by atoms with Crippen molar-refractivity contribution in [3.05, 3.63) is 56.4 Å². The van der Waals surface area contributed by atoms with E-state index >= 15 is 0 Å². The van der Waals surface area contributed by atoms with Crippen LogP contribution in [0, 0.1) is 5.82 Å². The molecule has 0 bridgehead atoms. The first-order chi connectivity index (χ1) is 8.19. The van der Waals surface area contributed by atoms with Gasteiger partial charge >= 0.3 is 0 Å². The second-order valence-corrected chi connectivity index (χ2v) is 6.19. The molecule has 1 atom stereocenters. The Kier molecular flexibility index (Phi) is 4.28. The summed E-state index contributed by atoms with van der Waals surface area (Å²) < 4.78 is 13.9. The Morgan fingerprint density at radius 3 is 2.47 bits per heavy atom. The first kappa shape index (κ1) is 12.7. The third kappa shape index (κ3) is 3.35. The lowest BCUT2D eigenvalue weighted by Crippen LogP contribution is -2.28. The van der Waals surface area contributed by atoms with Crippen molar-refractivity contribution in [1.82, 2.24) is 5.43 Å². The number of hydrogen-bond donors (Lipinski definition) is 2. The van der Waals surface area contributed by atoms with Crippen LogP contribution >= 0.6 is 27.3 Å². The molecule has 2 nitrogen and oxygen atoms in total. The molecule has 2 aromatic rings. The van der Waals surface area contributed by atoms with E-state index in [-0.39, 0.29) is 11.9 Å². The van der Waals surface area contributed by atoms with Crippen molar-refractivity contribution < 1.29 is 4.39 Å². The van der Waals surface area contributed by atoms with Crippen molar-refractivity contribution in [3.63, 3.8) is 0 Å². The predicted molar refractivity (Wildman–Crippen MR) is 72.2 cm³/mol. The quantitative estimate of drug-likeness (QED) is 0.670. The first-order valence-corrected chi connectivity index (χ1v) is 6.76. The summed E-state index contributed by atoms with van der Waals surface area (Å²) in [4.78, 5) is 1.16. The van der Waals surface area contributed by atoms with E-state index in [2.05, 4.69) is 21.4 Å². The van der Waals surface area contributed by atoms with Crippen LogP contribution in [0.1, 0.15) is 16.5 Å². The van der Waals surface area contributed by atoms with Crippen LogP contribution in [-0.2, 0) is 6.42 Å². The van der Waals surface area contributed by atoms with E-state index in [0.717, 1.165) is 20.6 Å². The zero-order valence-corrected chi connectivity index (χ0v) is 11.4. The SMILES string of the molecule is NNC(Cc1ccc(F)cc1)c1ccc(Br)s1. The summed E-state index contributed by atoms with van der Waals surface area (Å²) in [5, 5.41) is 0. The highest BCUT2D eigenvalue weighted by molar-refractivity contribution is 9.11. The van der Waals surface area contributed by atoms with Crippen molar-refractivity contribution in [2.24, 2.45) is 5.84 Å². The predicted octanol–water partition coefficient (Wildman–Crippen LogP) is 3.40. The minimum Gasteiger partial charge on any atom is -0.271 e. The summed E-state index contributed by atoms with van der Waals surface area (Å²) in [7, 11) is 0. The van der Waals surface area contributed by atoms with Crippen LogP contribution in [0.15, 0.2) is 40.2 Å². The molecule has 0 amide bonds. The zero-order valence-electron chi connectivity index (χ0n) is 8.99. The van der Waals surface area contributed by atoms with Gasteiger partial charge in [0.2, 0.25) is 0 Å². The molecule has 0 aliphatic heterocycles. The van der Waals surface area contributed by atoms with Crippen LogP contribution in [-0.4, -0.2) is 0 Å². The molecule has 2 rings (SSSR count). The van der Waals surface area contributed by atoms with Gasteiger partial charge in [-0.1, -0.05) is 12.1 Å². The number of hydrazine groups is 1. The maximum Gasteiger partial charge on any atom is 0.123 e. The summed E-state index contributed by atoms with van der Waals surface area (Å²) in [5.41, 5.74) is 3.85. The van der Waals surface area contributed by atoms with Crippen LogP contribution in [0.5, 0.6) is 0 Å². The van der Waals surface area contributed by atoms with E-state index in [9.17, 15) is 4.39 Å². The minimum absolute atomic E-state index is 0.0526. The molecular weight excluding hydrogens is 303 g/mol. The number of hydrogen-bond acceptors (Lipinski definition) is 3. The van der Waals surface area contributed by atoms with E-state index in [4.69, 9.17) is 5.84 Å². The molecular formula is C12H12BrFN2S. The maximum atomic E-state index is 12.8. The fourth-order valence-electron chi connectivity index (χ4n) is 1.61. The molecule has 3 N–H and O–H groups in total. The van der Waals surface area contributed by atoms with Crippen molar-refractivity contribution in [1.29, 1.82) is 0 Å². The molecule has 1 heterocycles. The first-order valence-electron chi connectivity index (χ1n) is 5.15. The summed E-state index contributed by atoms with van der Waals surface area (Å²) in [5.74, 6) is 5.34. The number of nitrogens with one attached hydrogen (secondary N) is 1. The Balaban J connectivity index is 2.12. The molecule has 0 saturated carbocycles. The van der Waals surface area contributed by atoms with Gasteiger partial charge in [0.25, 0.3) is 0 Å². The Labute approximate surface area is 112 Å². The van der Waals surface area contributed by atoms with Gasteiger partial charge in [-0.2, -0.15) is 0 Å². The molecule has 5 heteroatoms.